The Bertz CT molecular complexity index is 1210. The maximum Gasteiger partial charge on any atom is 0.323 e. The largest absolute Gasteiger partial charge is 0.480 e. The number of nitrogens with zero attached hydrogens (tertiary/aromatic N) is 1. The minimum atomic E-state index is -3.07. The third-order valence-corrected chi connectivity index (χ3v) is 7.89. The second-order valence-electron chi connectivity index (χ2n) is 8.34. The van der Waals surface area contributed by atoms with Crippen LogP contribution in [0.4, 0.5) is 4.39 Å². The van der Waals surface area contributed by atoms with Crippen molar-refractivity contribution in [2.24, 2.45) is 0 Å². The number of aliphatic carboxylic acids is 1. The maximum atomic E-state index is 13.5. The Morgan fingerprint density at radius 3 is 2.35 bits per heavy atom. The summed E-state index contributed by atoms with van der Waals surface area (Å²) >= 11 is 0. The average molecular weight is 482 g/mol. The van der Waals surface area contributed by atoms with Crippen molar-refractivity contribution in [1.29, 1.82) is 0 Å². The van der Waals surface area contributed by atoms with E-state index in [4.69, 9.17) is 4.52 Å². The minimum Gasteiger partial charge on any atom is -0.480 e. The molecule has 0 saturated heterocycles. The number of halogens is 1. The SMILES string of the molecule is CCC(C(=O)O)(C(=Cc1ccc(F)cc1)c1cnc(-c2ccccc2)cc1C(C)C)[PH](=O)OC. The molecule has 0 saturated carbocycles. The number of carboxylic acids is 1. The van der Waals surface area contributed by atoms with Crippen LogP contribution in [-0.4, -0.2) is 28.3 Å². The van der Waals surface area contributed by atoms with Crippen LogP contribution in [-0.2, 0) is 13.9 Å². The standard InChI is InChI=1S/C27H29FNO4P/c1-5-27(26(30)31,34(32)33-4)24(15-19-11-13-21(28)14-12-19)23-17-29-25(16-22(23)18(2)3)20-9-7-6-8-10-20/h6-18,34H,5H2,1-4H3,(H,30,31). The molecule has 3 aromatic rings. The Labute approximate surface area is 200 Å². The van der Waals surface area contributed by atoms with Crippen molar-refractivity contribution in [1.82, 2.24) is 4.98 Å². The lowest BCUT2D eigenvalue weighted by Gasteiger charge is -2.31. The molecule has 178 valence electrons. The van der Waals surface area contributed by atoms with Gasteiger partial charge in [-0.05, 0) is 53.3 Å². The number of hydrogen-bond acceptors (Lipinski definition) is 4. The van der Waals surface area contributed by atoms with Crippen molar-refractivity contribution in [3.05, 3.63) is 89.4 Å². The molecule has 3 rings (SSSR count). The molecule has 0 aliphatic carbocycles. The lowest BCUT2D eigenvalue weighted by molar-refractivity contribution is -0.138. The van der Waals surface area contributed by atoms with Crippen LogP contribution < -0.4 is 0 Å². The molecule has 1 N–H and O–H groups in total. The number of aromatic nitrogens is 1. The maximum absolute atomic E-state index is 13.5. The molecule has 34 heavy (non-hydrogen) atoms. The van der Waals surface area contributed by atoms with Crippen molar-refractivity contribution in [2.75, 3.05) is 7.11 Å². The third-order valence-electron chi connectivity index (χ3n) is 5.99. The van der Waals surface area contributed by atoms with Crippen LogP contribution in [0.25, 0.3) is 22.9 Å². The molecule has 7 heteroatoms. The van der Waals surface area contributed by atoms with Gasteiger partial charge in [-0.15, -0.1) is 0 Å². The summed E-state index contributed by atoms with van der Waals surface area (Å²) in [5, 5.41) is 8.58. The highest BCUT2D eigenvalue weighted by Crippen LogP contribution is 2.53. The van der Waals surface area contributed by atoms with E-state index in [1.165, 1.54) is 19.2 Å². The molecule has 0 aliphatic heterocycles. The topological polar surface area (TPSA) is 76.5 Å². The lowest BCUT2D eigenvalue weighted by atomic mass is 9.83. The zero-order chi connectivity index (χ0) is 24.9. The molecule has 0 bridgehead atoms. The van der Waals surface area contributed by atoms with Crippen LogP contribution in [0, 0.1) is 5.82 Å². The molecule has 1 heterocycles. The van der Waals surface area contributed by atoms with Crippen LogP contribution in [0.3, 0.4) is 0 Å². The average Bonchev–Trinajstić information content (AvgIpc) is 2.85. The van der Waals surface area contributed by atoms with Gasteiger partial charge in [-0.2, -0.15) is 0 Å². The predicted molar refractivity (Wildman–Crippen MR) is 135 cm³/mol. The first-order chi connectivity index (χ1) is 16.2. The summed E-state index contributed by atoms with van der Waals surface area (Å²) in [7, 11) is -1.82. The van der Waals surface area contributed by atoms with E-state index < -0.39 is 25.0 Å². The molecular weight excluding hydrogens is 452 g/mol. The number of benzene rings is 2. The highest BCUT2D eigenvalue weighted by Gasteiger charge is 2.48. The first kappa shape index (κ1) is 25.5. The molecule has 0 spiro atoms. The van der Waals surface area contributed by atoms with E-state index in [0.29, 0.717) is 16.7 Å². The van der Waals surface area contributed by atoms with Crippen LogP contribution in [0.2, 0.25) is 0 Å². The number of pyridine rings is 1. The van der Waals surface area contributed by atoms with E-state index in [1.807, 2.05) is 50.2 Å². The summed E-state index contributed by atoms with van der Waals surface area (Å²) in [5.74, 6) is -1.62. The van der Waals surface area contributed by atoms with E-state index in [-0.39, 0.29) is 12.3 Å². The summed E-state index contributed by atoms with van der Waals surface area (Å²) in [6, 6.07) is 17.4. The van der Waals surface area contributed by atoms with Crippen LogP contribution in [0.15, 0.2) is 66.9 Å². The van der Waals surface area contributed by atoms with E-state index in [2.05, 4.69) is 4.98 Å². The fourth-order valence-corrected chi connectivity index (χ4v) is 5.31. The smallest absolute Gasteiger partial charge is 0.323 e. The van der Waals surface area contributed by atoms with Gasteiger partial charge in [-0.3, -0.25) is 14.3 Å². The van der Waals surface area contributed by atoms with Crippen LogP contribution >= 0.6 is 8.03 Å². The van der Waals surface area contributed by atoms with Crippen molar-refractivity contribution in [3.8, 4) is 11.3 Å². The van der Waals surface area contributed by atoms with Crippen molar-refractivity contribution in [3.63, 3.8) is 0 Å². The second kappa shape index (κ2) is 10.9. The predicted octanol–water partition coefficient (Wildman–Crippen LogP) is 6.91. The summed E-state index contributed by atoms with van der Waals surface area (Å²) in [4.78, 5) is 17.3. The molecule has 2 unspecified atom stereocenters. The van der Waals surface area contributed by atoms with Gasteiger partial charge in [0, 0.05) is 24.4 Å². The molecule has 0 fully saturated rings. The van der Waals surface area contributed by atoms with Crippen molar-refractivity contribution in [2.45, 2.75) is 38.3 Å². The van der Waals surface area contributed by atoms with Crippen molar-refractivity contribution < 1.29 is 23.4 Å². The molecule has 5 nitrogen and oxygen atoms in total. The van der Waals surface area contributed by atoms with Gasteiger partial charge in [0.05, 0.1) is 5.69 Å². The fraction of sp³-hybridized carbons (Fsp3) is 0.259. The molecule has 0 radical (unpaired) electrons. The first-order valence-corrected chi connectivity index (χ1v) is 12.4. The Hall–Kier alpha value is -3.08. The summed E-state index contributed by atoms with van der Waals surface area (Å²) < 4.78 is 31.9. The normalized spacial score (nSPS) is 14.6. The van der Waals surface area contributed by atoms with Crippen LogP contribution in [0.1, 0.15) is 49.8 Å². The number of hydrogen-bond donors (Lipinski definition) is 1. The van der Waals surface area contributed by atoms with E-state index >= 15 is 0 Å². The Morgan fingerprint density at radius 1 is 1.18 bits per heavy atom. The molecular formula is C27H29FNO4P. The minimum absolute atomic E-state index is 0.0188. The van der Waals surface area contributed by atoms with Gasteiger partial charge >= 0.3 is 5.97 Å². The molecule has 2 aromatic carbocycles. The van der Waals surface area contributed by atoms with Gasteiger partial charge in [0.1, 0.15) is 5.82 Å². The summed E-state index contributed by atoms with van der Waals surface area (Å²) in [5.41, 5.74) is 4.06. The van der Waals surface area contributed by atoms with Gasteiger partial charge in [0.2, 0.25) is 8.03 Å². The van der Waals surface area contributed by atoms with Crippen molar-refractivity contribution >= 4 is 25.6 Å². The molecule has 0 aliphatic rings. The zero-order valence-corrected chi connectivity index (χ0v) is 20.7. The Morgan fingerprint density at radius 2 is 1.82 bits per heavy atom. The van der Waals surface area contributed by atoms with E-state index in [1.54, 1.807) is 31.3 Å². The van der Waals surface area contributed by atoms with E-state index in [0.717, 1.165) is 16.8 Å². The monoisotopic (exact) mass is 481 g/mol. The van der Waals surface area contributed by atoms with Gasteiger partial charge in [0.15, 0.2) is 5.16 Å². The molecule has 2 atom stereocenters. The molecule has 1 aromatic heterocycles. The fourth-order valence-electron chi connectivity index (χ4n) is 4.07. The first-order valence-electron chi connectivity index (χ1n) is 11.1. The quantitative estimate of drug-likeness (QED) is 0.336. The van der Waals surface area contributed by atoms with Gasteiger partial charge in [-0.25, -0.2) is 4.39 Å². The Balaban J connectivity index is 2.35. The zero-order valence-electron chi connectivity index (χ0n) is 19.7. The van der Waals surface area contributed by atoms with Gasteiger partial charge in [0.25, 0.3) is 0 Å². The van der Waals surface area contributed by atoms with Crippen LogP contribution in [0.5, 0.6) is 0 Å². The second-order valence-corrected chi connectivity index (χ2v) is 10.2. The van der Waals surface area contributed by atoms with Gasteiger partial charge < -0.3 is 9.63 Å². The van der Waals surface area contributed by atoms with E-state index in [9.17, 15) is 18.9 Å². The summed E-state index contributed by atoms with van der Waals surface area (Å²) in [6.07, 6.45) is 3.34. The third kappa shape index (κ3) is 5.03. The highest BCUT2D eigenvalue weighted by molar-refractivity contribution is 7.43. The summed E-state index contributed by atoms with van der Waals surface area (Å²) in [6.45, 7) is 5.70. The number of rotatable bonds is 9. The Kier molecular flexibility index (Phi) is 8.19. The number of carboxylic acid groups (broad SMARTS) is 1. The number of carbonyl (C=O) groups is 1. The lowest BCUT2D eigenvalue weighted by Crippen LogP contribution is -2.36. The highest BCUT2D eigenvalue weighted by atomic mass is 31.1. The molecule has 0 amide bonds. The van der Waals surface area contributed by atoms with Gasteiger partial charge in [-0.1, -0.05) is 63.2 Å².